The summed E-state index contributed by atoms with van der Waals surface area (Å²) in [6.45, 7) is 0.934. The molecule has 0 bridgehead atoms. The van der Waals surface area contributed by atoms with Crippen LogP contribution in [0.5, 0.6) is 0 Å². The van der Waals surface area contributed by atoms with Gasteiger partial charge in [0, 0.05) is 31.1 Å². The van der Waals surface area contributed by atoms with Gasteiger partial charge in [-0.05, 0) is 41.8 Å². The van der Waals surface area contributed by atoms with E-state index in [9.17, 15) is 18.5 Å². The Labute approximate surface area is 155 Å². The third-order valence-electron chi connectivity index (χ3n) is 4.80. The summed E-state index contributed by atoms with van der Waals surface area (Å²) in [7, 11) is -3.61. The van der Waals surface area contributed by atoms with Crippen LogP contribution in [0.25, 0.3) is 0 Å². The fourth-order valence-corrected chi connectivity index (χ4v) is 5.56. The Bertz CT molecular complexity index is 810. The number of nitrogens with zero attached hydrogens (tertiary/aromatic N) is 2. The van der Waals surface area contributed by atoms with Gasteiger partial charge in [0.25, 0.3) is 5.69 Å². The second-order valence-corrected chi connectivity index (χ2v) is 9.12. The first-order valence-corrected chi connectivity index (χ1v) is 10.4. The van der Waals surface area contributed by atoms with Crippen molar-refractivity contribution in [1.82, 2.24) is 4.31 Å². The van der Waals surface area contributed by atoms with Gasteiger partial charge in [0.05, 0.1) is 9.82 Å². The van der Waals surface area contributed by atoms with E-state index in [-0.39, 0.29) is 10.6 Å². The molecule has 0 radical (unpaired) electrons. The van der Waals surface area contributed by atoms with E-state index < -0.39 is 14.9 Å². The lowest BCUT2D eigenvalue weighted by molar-refractivity contribution is -0.384. The van der Waals surface area contributed by atoms with Crippen LogP contribution in [0.1, 0.15) is 19.3 Å². The van der Waals surface area contributed by atoms with E-state index in [2.05, 4.69) is 34.2 Å². The number of hydrogen-bond acceptors (Lipinski definition) is 4. The van der Waals surface area contributed by atoms with E-state index in [1.54, 1.807) is 0 Å². The van der Waals surface area contributed by atoms with E-state index in [1.165, 1.54) is 33.1 Å². The molecule has 3 rings (SSSR count). The maximum Gasteiger partial charge on any atom is 0.269 e. The van der Waals surface area contributed by atoms with Crippen molar-refractivity contribution in [2.24, 2.45) is 11.8 Å². The molecule has 2 aliphatic rings. The van der Waals surface area contributed by atoms with Crippen LogP contribution in [0.15, 0.2) is 51.9 Å². The van der Waals surface area contributed by atoms with Gasteiger partial charge in [-0.3, -0.25) is 10.1 Å². The molecular weight excluding hydrogens is 408 g/mol. The zero-order valence-corrected chi connectivity index (χ0v) is 15.9. The minimum Gasteiger partial charge on any atom is -0.258 e. The number of benzene rings is 1. The minimum atomic E-state index is -3.61. The largest absolute Gasteiger partial charge is 0.269 e. The van der Waals surface area contributed by atoms with Crippen LogP contribution in [0, 0.1) is 22.0 Å². The Hall–Kier alpha value is -1.51. The fourth-order valence-electron chi connectivity index (χ4n) is 3.38. The van der Waals surface area contributed by atoms with E-state index in [1.807, 2.05) is 0 Å². The number of hydrogen-bond donors (Lipinski definition) is 0. The van der Waals surface area contributed by atoms with Crippen molar-refractivity contribution in [3.8, 4) is 0 Å². The highest BCUT2D eigenvalue weighted by atomic mass is 79.9. The summed E-state index contributed by atoms with van der Waals surface area (Å²) in [4.78, 5) is 10.3. The van der Waals surface area contributed by atoms with Crippen LogP contribution in [-0.2, 0) is 10.0 Å². The first-order chi connectivity index (χ1) is 11.9. The van der Waals surface area contributed by atoms with Gasteiger partial charge in [-0.15, -0.1) is 0 Å². The molecule has 1 atom stereocenters. The molecule has 1 aliphatic heterocycles. The molecule has 1 saturated heterocycles. The van der Waals surface area contributed by atoms with Crippen molar-refractivity contribution in [3.05, 3.63) is 57.1 Å². The normalized spacial score (nSPS) is 22.6. The molecule has 6 nitrogen and oxygen atoms in total. The highest BCUT2D eigenvalue weighted by Gasteiger charge is 2.33. The third-order valence-corrected chi connectivity index (χ3v) is 7.57. The van der Waals surface area contributed by atoms with Gasteiger partial charge >= 0.3 is 0 Å². The second-order valence-electron chi connectivity index (χ2n) is 6.27. The maximum atomic E-state index is 12.7. The third kappa shape index (κ3) is 3.86. The number of non-ortho nitro benzene ring substituents is 1. The van der Waals surface area contributed by atoms with Crippen molar-refractivity contribution < 1.29 is 13.3 Å². The molecule has 1 fully saturated rings. The molecule has 1 aromatic rings. The molecule has 0 saturated carbocycles. The van der Waals surface area contributed by atoms with Crippen molar-refractivity contribution in [2.75, 3.05) is 13.1 Å². The maximum absolute atomic E-state index is 12.7. The van der Waals surface area contributed by atoms with Gasteiger partial charge in [0.2, 0.25) is 10.0 Å². The number of halogens is 1. The Morgan fingerprint density at radius 1 is 1.16 bits per heavy atom. The standard InChI is InChI=1S/C17H19BrN2O4S/c18-17-4-2-1-3-16(17)13-9-11-19(12-10-13)25(23,24)15-7-5-14(6-8-15)20(21)22/h1,3-8,13,16H,2,9-12H2. The van der Waals surface area contributed by atoms with Crippen LogP contribution in [-0.4, -0.2) is 30.7 Å². The molecule has 1 aromatic carbocycles. The highest BCUT2D eigenvalue weighted by Crippen LogP contribution is 2.37. The average Bonchev–Trinajstić information content (AvgIpc) is 2.62. The highest BCUT2D eigenvalue weighted by molar-refractivity contribution is 9.11. The number of nitro benzene ring substituents is 1. The molecule has 25 heavy (non-hydrogen) atoms. The van der Waals surface area contributed by atoms with E-state index in [0.717, 1.165) is 19.3 Å². The predicted molar refractivity (Wildman–Crippen MR) is 98.8 cm³/mol. The van der Waals surface area contributed by atoms with Crippen molar-refractivity contribution in [1.29, 1.82) is 0 Å². The van der Waals surface area contributed by atoms with Gasteiger partial charge in [-0.25, -0.2) is 8.42 Å². The van der Waals surface area contributed by atoms with Crippen LogP contribution in [0.4, 0.5) is 5.69 Å². The predicted octanol–water partition coefficient (Wildman–Crippen LogP) is 3.85. The number of nitro groups is 1. The Kier molecular flexibility index (Phi) is 5.41. The van der Waals surface area contributed by atoms with Gasteiger partial charge < -0.3 is 0 Å². The van der Waals surface area contributed by atoms with Gasteiger partial charge in [0.1, 0.15) is 0 Å². The summed E-state index contributed by atoms with van der Waals surface area (Å²) in [6, 6.07) is 5.08. The molecule has 1 aliphatic carbocycles. The molecule has 1 unspecified atom stereocenters. The molecule has 134 valence electrons. The minimum absolute atomic E-state index is 0.107. The summed E-state index contributed by atoms with van der Waals surface area (Å²) in [5.74, 6) is 0.753. The first-order valence-electron chi connectivity index (χ1n) is 8.16. The lowest BCUT2D eigenvalue weighted by Gasteiger charge is -2.35. The number of sulfonamides is 1. The fraction of sp³-hybridized carbons (Fsp3) is 0.412. The summed E-state index contributed by atoms with van der Waals surface area (Å²) in [5, 5.41) is 10.7. The second kappa shape index (κ2) is 7.39. The van der Waals surface area contributed by atoms with Gasteiger partial charge in [-0.1, -0.05) is 34.2 Å². The zero-order chi connectivity index (χ0) is 18.0. The van der Waals surface area contributed by atoms with Crippen LogP contribution in [0.2, 0.25) is 0 Å². The lowest BCUT2D eigenvalue weighted by atomic mass is 9.83. The summed E-state index contributed by atoms with van der Waals surface area (Å²) < 4.78 is 28.1. The summed E-state index contributed by atoms with van der Waals surface area (Å²) in [6.07, 6.45) is 9.04. The number of allylic oxidation sites excluding steroid dienone is 4. The quantitative estimate of drug-likeness (QED) is 0.415. The average molecular weight is 427 g/mol. The molecule has 0 spiro atoms. The zero-order valence-electron chi connectivity index (χ0n) is 13.5. The molecule has 8 heteroatoms. The van der Waals surface area contributed by atoms with E-state index >= 15 is 0 Å². The van der Waals surface area contributed by atoms with E-state index in [4.69, 9.17) is 0 Å². The smallest absolute Gasteiger partial charge is 0.258 e. The van der Waals surface area contributed by atoms with Crippen LogP contribution >= 0.6 is 15.9 Å². The first kappa shape index (κ1) is 18.3. The SMILES string of the molecule is O=[N+]([O-])c1ccc(S(=O)(=O)N2CCC(C3C=CCC=C3Br)CC2)cc1. The molecular formula is C17H19BrN2O4S. The topological polar surface area (TPSA) is 80.5 Å². The molecule has 0 aromatic heterocycles. The molecule has 0 N–H and O–H groups in total. The van der Waals surface area contributed by atoms with E-state index in [0.29, 0.717) is 24.9 Å². The Morgan fingerprint density at radius 3 is 2.36 bits per heavy atom. The summed E-state index contributed by atoms with van der Waals surface area (Å²) in [5.41, 5.74) is -0.113. The van der Waals surface area contributed by atoms with Crippen LogP contribution < -0.4 is 0 Å². The number of rotatable bonds is 4. The Balaban J connectivity index is 1.69. The Morgan fingerprint density at radius 2 is 1.80 bits per heavy atom. The van der Waals surface area contributed by atoms with Crippen molar-refractivity contribution >= 4 is 31.6 Å². The monoisotopic (exact) mass is 426 g/mol. The number of piperidine rings is 1. The van der Waals surface area contributed by atoms with Crippen LogP contribution in [0.3, 0.4) is 0 Å². The van der Waals surface area contributed by atoms with Gasteiger partial charge in [-0.2, -0.15) is 4.31 Å². The summed E-state index contributed by atoms with van der Waals surface area (Å²) >= 11 is 3.62. The van der Waals surface area contributed by atoms with Crippen molar-refractivity contribution in [2.45, 2.75) is 24.2 Å². The van der Waals surface area contributed by atoms with Crippen molar-refractivity contribution in [3.63, 3.8) is 0 Å². The van der Waals surface area contributed by atoms with Gasteiger partial charge in [0.15, 0.2) is 0 Å². The molecule has 1 heterocycles. The lowest BCUT2D eigenvalue weighted by Crippen LogP contribution is -2.40. The molecule has 0 amide bonds.